The summed E-state index contributed by atoms with van der Waals surface area (Å²) in [6, 6.07) is 4.78. The van der Waals surface area contributed by atoms with Crippen molar-refractivity contribution in [3.05, 3.63) is 35.1 Å². The number of rotatable bonds is 4. The van der Waals surface area contributed by atoms with Gasteiger partial charge in [-0.15, -0.1) is 0 Å². The van der Waals surface area contributed by atoms with Gasteiger partial charge in [0.1, 0.15) is 5.82 Å². The molecule has 3 heteroatoms. The van der Waals surface area contributed by atoms with Crippen LogP contribution in [0.15, 0.2) is 18.2 Å². The number of halogens is 1. The second kappa shape index (κ2) is 7.28. The number of hydrogen-bond acceptors (Lipinski definition) is 2. The molecule has 1 aliphatic carbocycles. The van der Waals surface area contributed by atoms with Crippen molar-refractivity contribution in [2.24, 2.45) is 11.7 Å². The predicted octanol–water partition coefficient (Wildman–Crippen LogP) is 2.84. The molecule has 0 bridgehead atoms. The highest BCUT2D eigenvalue weighted by atomic mass is 19.1. The summed E-state index contributed by atoms with van der Waals surface area (Å²) in [5.74, 6) is 5.99. The fourth-order valence-electron chi connectivity index (χ4n) is 2.48. The first-order chi connectivity index (χ1) is 9.28. The van der Waals surface area contributed by atoms with E-state index in [2.05, 4.69) is 11.8 Å². The van der Waals surface area contributed by atoms with E-state index < -0.39 is 0 Å². The summed E-state index contributed by atoms with van der Waals surface area (Å²) >= 11 is 0. The van der Waals surface area contributed by atoms with Gasteiger partial charge < -0.3 is 10.5 Å². The van der Waals surface area contributed by atoms with Gasteiger partial charge in [0.15, 0.2) is 0 Å². The summed E-state index contributed by atoms with van der Waals surface area (Å²) in [4.78, 5) is 0. The van der Waals surface area contributed by atoms with Gasteiger partial charge in [-0.05, 0) is 42.5 Å². The van der Waals surface area contributed by atoms with E-state index in [9.17, 15) is 4.39 Å². The molecule has 0 atom stereocenters. The van der Waals surface area contributed by atoms with Crippen LogP contribution in [0, 0.1) is 23.6 Å². The SMILES string of the molecule is NCC#Cc1cc(F)cc(COCC2CCCC2)c1. The Balaban J connectivity index is 1.89. The van der Waals surface area contributed by atoms with Crippen molar-refractivity contribution in [1.29, 1.82) is 0 Å². The Morgan fingerprint density at radius 2 is 2.05 bits per heavy atom. The molecule has 0 saturated heterocycles. The van der Waals surface area contributed by atoms with Gasteiger partial charge in [-0.2, -0.15) is 0 Å². The van der Waals surface area contributed by atoms with Crippen LogP contribution in [0.4, 0.5) is 4.39 Å². The van der Waals surface area contributed by atoms with Crippen LogP contribution in [0.1, 0.15) is 36.8 Å². The lowest BCUT2D eigenvalue weighted by molar-refractivity contribution is 0.0887. The van der Waals surface area contributed by atoms with E-state index >= 15 is 0 Å². The summed E-state index contributed by atoms with van der Waals surface area (Å²) in [5, 5.41) is 0. The maximum atomic E-state index is 13.4. The molecule has 102 valence electrons. The Kier molecular flexibility index (Phi) is 5.38. The van der Waals surface area contributed by atoms with E-state index in [1.165, 1.54) is 37.8 Å². The Hall–Kier alpha value is -1.37. The van der Waals surface area contributed by atoms with Gasteiger partial charge in [-0.1, -0.05) is 24.7 Å². The van der Waals surface area contributed by atoms with Crippen LogP contribution < -0.4 is 5.73 Å². The maximum Gasteiger partial charge on any atom is 0.124 e. The fourth-order valence-corrected chi connectivity index (χ4v) is 2.48. The van der Waals surface area contributed by atoms with Gasteiger partial charge in [0.25, 0.3) is 0 Å². The second-order valence-corrected chi connectivity index (χ2v) is 5.02. The standard InChI is InChI=1S/C16H20FNO/c17-16-9-14(6-3-7-18)8-15(10-16)12-19-11-13-4-1-2-5-13/h8-10,13H,1-2,4-5,7,11-12,18H2. The molecule has 1 fully saturated rings. The first-order valence-corrected chi connectivity index (χ1v) is 6.84. The molecule has 19 heavy (non-hydrogen) atoms. The molecular weight excluding hydrogens is 241 g/mol. The monoisotopic (exact) mass is 261 g/mol. The highest BCUT2D eigenvalue weighted by Crippen LogP contribution is 2.25. The lowest BCUT2D eigenvalue weighted by atomic mass is 10.1. The van der Waals surface area contributed by atoms with Gasteiger partial charge in [0.05, 0.1) is 13.2 Å². The minimum absolute atomic E-state index is 0.275. The summed E-state index contributed by atoms with van der Waals surface area (Å²) in [5.41, 5.74) is 6.80. The zero-order valence-electron chi connectivity index (χ0n) is 11.1. The van der Waals surface area contributed by atoms with Crippen LogP contribution in [-0.4, -0.2) is 13.2 Å². The Morgan fingerprint density at radius 1 is 1.26 bits per heavy atom. The van der Waals surface area contributed by atoms with Crippen LogP contribution in [0.2, 0.25) is 0 Å². The normalized spacial score (nSPS) is 15.3. The Labute approximate surface area is 114 Å². The largest absolute Gasteiger partial charge is 0.376 e. The molecule has 1 saturated carbocycles. The van der Waals surface area contributed by atoms with Crippen molar-refractivity contribution in [3.8, 4) is 11.8 Å². The maximum absolute atomic E-state index is 13.4. The molecule has 2 nitrogen and oxygen atoms in total. The average Bonchev–Trinajstić information content (AvgIpc) is 2.89. The predicted molar refractivity (Wildman–Crippen MR) is 73.9 cm³/mol. The number of benzene rings is 1. The van der Waals surface area contributed by atoms with Gasteiger partial charge in [-0.25, -0.2) is 4.39 Å². The molecule has 0 amide bonds. The zero-order chi connectivity index (χ0) is 13.5. The average molecular weight is 261 g/mol. The van der Waals surface area contributed by atoms with Gasteiger partial charge in [0.2, 0.25) is 0 Å². The Morgan fingerprint density at radius 3 is 2.79 bits per heavy atom. The van der Waals surface area contributed by atoms with E-state index in [1.54, 1.807) is 0 Å². The van der Waals surface area contributed by atoms with Crippen molar-refractivity contribution in [2.45, 2.75) is 32.3 Å². The van der Waals surface area contributed by atoms with Crippen molar-refractivity contribution in [1.82, 2.24) is 0 Å². The molecule has 0 aliphatic heterocycles. The molecular formula is C16H20FNO. The Bertz CT molecular complexity index is 469. The van der Waals surface area contributed by atoms with Crippen LogP contribution in [-0.2, 0) is 11.3 Å². The van der Waals surface area contributed by atoms with Crippen molar-refractivity contribution >= 4 is 0 Å². The van der Waals surface area contributed by atoms with Crippen LogP contribution in [0.3, 0.4) is 0 Å². The first kappa shape index (κ1) is 14.0. The highest BCUT2D eigenvalue weighted by molar-refractivity contribution is 5.37. The minimum Gasteiger partial charge on any atom is -0.376 e. The minimum atomic E-state index is -0.275. The van der Waals surface area contributed by atoms with Gasteiger partial charge in [-0.3, -0.25) is 0 Å². The number of hydrogen-bond donors (Lipinski definition) is 1. The molecule has 2 rings (SSSR count). The molecule has 0 spiro atoms. The third-order valence-electron chi connectivity index (χ3n) is 3.39. The molecule has 0 unspecified atom stereocenters. The number of ether oxygens (including phenoxy) is 1. The summed E-state index contributed by atoms with van der Waals surface area (Å²) < 4.78 is 19.1. The van der Waals surface area contributed by atoms with Gasteiger partial charge >= 0.3 is 0 Å². The molecule has 0 radical (unpaired) electrons. The smallest absolute Gasteiger partial charge is 0.124 e. The van der Waals surface area contributed by atoms with E-state index in [-0.39, 0.29) is 12.4 Å². The second-order valence-electron chi connectivity index (χ2n) is 5.02. The molecule has 2 N–H and O–H groups in total. The quantitative estimate of drug-likeness (QED) is 0.846. The fraction of sp³-hybridized carbons (Fsp3) is 0.500. The van der Waals surface area contributed by atoms with E-state index in [4.69, 9.17) is 10.5 Å². The topological polar surface area (TPSA) is 35.2 Å². The van der Waals surface area contributed by atoms with Gasteiger partial charge in [0, 0.05) is 12.2 Å². The molecule has 1 aromatic rings. The van der Waals surface area contributed by atoms with Crippen LogP contribution >= 0.6 is 0 Å². The van der Waals surface area contributed by atoms with Crippen LogP contribution in [0.5, 0.6) is 0 Å². The molecule has 0 aromatic heterocycles. The van der Waals surface area contributed by atoms with E-state index in [0.717, 1.165) is 12.2 Å². The van der Waals surface area contributed by atoms with Crippen molar-refractivity contribution < 1.29 is 9.13 Å². The first-order valence-electron chi connectivity index (χ1n) is 6.84. The summed E-state index contributed by atoms with van der Waals surface area (Å²) in [6.45, 7) is 1.51. The molecule has 1 aliphatic rings. The molecule has 1 aromatic carbocycles. The summed E-state index contributed by atoms with van der Waals surface area (Å²) in [7, 11) is 0. The number of nitrogens with two attached hydrogens (primary N) is 1. The zero-order valence-corrected chi connectivity index (χ0v) is 11.1. The molecule has 0 heterocycles. The third-order valence-corrected chi connectivity index (χ3v) is 3.39. The summed E-state index contributed by atoms with van der Waals surface area (Å²) in [6.07, 6.45) is 5.15. The van der Waals surface area contributed by atoms with Crippen molar-refractivity contribution in [3.63, 3.8) is 0 Å². The van der Waals surface area contributed by atoms with E-state index in [0.29, 0.717) is 18.1 Å². The highest BCUT2D eigenvalue weighted by Gasteiger charge is 2.14. The van der Waals surface area contributed by atoms with Crippen molar-refractivity contribution in [2.75, 3.05) is 13.2 Å². The van der Waals surface area contributed by atoms with Crippen LogP contribution in [0.25, 0.3) is 0 Å². The lowest BCUT2D eigenvalue weighted by Crippen LogP contribution is -2.05. The van der Waals surface area contributed by atoms with E-state index in [1.807, 2.05) is 6.07 Å². The third kappa shape index (κ3) is 4.66. The lowest BCUT2D eigenvalue weighted by Gasteiger charge is -2.10.